The maximum Gasteiger partial charge on any atom is 0.251 e. The molecule has 3 rings (SSSR count). The number of nitrogens with one attached hydrogen (secondary N) is 1. The van der Waals surface area contributed by atoms with Crippen molar-refractivity contribution in [1.82, 2.24) is 10.3 Å². The number of amides is 1. The second-order valence-corrected chi connectivity index (χ2v) is 7.24. The van der Waals surface area contributed by atoms with Gasteiger partial charge in [0.1, 0.15) is 0 Å². The summed E-state index contributed by atoms with van der Waals surface area (Å²) in [5, 5.41) is 15.6. The van der Waals surface area contributed by atoms with Crippen molar-refractivity contribution in [3.05, 3.63) is 40.2 Å². The molecule has 0 saturated heterocycles. The molecule has 1 amide bonds. The quantitative estimate of drug-likeness (QED) is 0.771. The third kappa shape index (κ3) is 4.87. The first-order chi connectivity index (χ1) is 11.6. The van der Waals surface area contributed by atoms with Crippen LogP contribution in [-0.2, 0) is 4.74 Å². The fraction of sp³-hybridized carbons (Fsp3) is 0.444. The van der Waals surface area contributed by atoms with Crippen LogP contribution in [0.2, 0.25) is 0 Å². The fourth-order valence-electron chi connectivity index (χ4n) is 2.34. The third-order valence-electron chi connectivity index (χ3n) is 3.90. The molecule has 1 aliphatic rings. The molecule has 0 radical (unpaired) electrons. The van der Waals surface area contributed by atoms with Crippen LogP contribution in [0.3, 0.4) is 0 Å². The van der Waals surface area contributed by atoms with Gasteiger partial charge in [0.15, 0.2) is 0 Å². The summed E-state index contributed by atoms with van der Waals surface area (Å²) in [4.78, 5) is 16.7. The highest BCUT2D eigenvalue weighted by Gasteiger charge is 2.21. The standard InChI is InChI=1S/C18H22N2O3S/c1-12-20-17(11-24-12)14-3-2-4-15(7-14)18(22)19-8-16(21)10-23-9-13-5-6-13/h2-4,7,11,13,16,21H,5-6,8-10H2,1H3,(H,19,22). The van der Waals surface area contributed by atoms with Gasteiger partial charge >= 0.3 is 0 Å². The van der Waals surface area contributed by atoms with E-state index in [0.717, 1.165) is 16.3 Å². The van der Waals surface area contributed by atoms with E-state index in [2.05, 4.69) is 10.3 Å². The molecule has 24 heavy (non-hydrogen) atoms. The minimum Gasteiger partial charge on any atom is -0.389 e. The molecule has 1 unspecified atom stereocenters. The minimum absolute atomic E-state index is 0.184. The normalized spacial score (nSPS) is 15.2. The Morgan fingerprint density at radius 3 is 3.04 bits per heavy atom. The first kappa shape index (κ1) is 17.1. The Morgan fingerprint density at radius 1 is 1.50 bits per heavy atom. The molecule has 1 aliphatic carbocycles. The van der Waals surface area contributed by atoms with Crippen LogP contribution in [0.15, 0.2) is 29.6 Å². The first-order valence-corrected chi connectivity index (χ1v) is 9.06. The van der Waals surface area contributed by atoms with Gasteiger partial charge in [0.05, 0.1) is 23.4 Å². The molecule has 5 nitrogen and oxygen atoms in total. The van der Waals surface area contributed by atoms with Gasteiger partial charge in [-0.05, 0) is 37.8 Å². The van der Waals surface area contributed by atoms with Crippen LogP contribution in [0.1, 0.15) is 28.2 Å². The number of thiazole rings is 1. The van der Waals surface area contributed by atoms with Gasteiger partial charge in [-0.3, -0.25) is 4.79 Å². The molecule has 2 N–H and O–H groups in total. The predicted molar refractivity (Wildman–Crippen MR) is 94.2 cm³/mol. The Balaban J connectivity index is 1.50. The zero-order chi connectivity index (χ0) is 16.9. The van der Waals surface area contributed by atoms with Crippen molar-refractivity contribution in [2.24, 2.45) is 5.92 Å². The number of ether oxygens (including phenoxy) is 1. The second kappa shape index (κ2) is 7.88. The van der Waals surface area contributed by atoms with E-state index >= 15 is 0 Å². The molecule has 1 fully saturated rings. The van der Waals surface area contributed by atoms with Crippen molar-refractivity contribution in [3.63, 3.8) is 0 Å². The van der Waals surface area contributed by atoms with Crippen molar-refractivity contribution < 1.29 is 14.6 Å². The Hall–Kier alpha value is -1.76. The number of nitrogens with zero attached hydrogens (tertiary/aromatic N) is 1. The van der Waals surface area contributed by atoms with Gasteiger partial charge in [0, 0.05) is 29.7 Å². The lowest BCUT2D eigenvalue weighted by atomic mass is 10.1. The van der Waals surface area contributed by atoms with Crippen LogP contribution in [0, 0.1) is 12.8 Å². The Kier molecular flexibility index (Phi) is 5.60. The SMILES string of the molecule is Cc1nc(-c2cccc(C(=O)NCC(O)COCC3CC3)c2)cs1. The zero-order valence-corrected chi connectivity index (χ0v) is 14.5. The van der Waals surface area contributed by atoms with Gasteiger partial charge in [-0.1, -0.05) is 12.1 Å². The van der Waals surface area contributed by atoms with Gasteiger partial charge in [-0.15, -0.1) is 11.3 Å². The molecule has 128 valence electrons. The van der Waals surface area contributed by atoms with E-state index in [0.29, 0.717) is 18.1 Å². The van der Waals surface area contributed by atoms with E-state index in [-0.39, 0.29) is 19.1 Å². The largest absolute Gasteiger partial charge is 0.389 e. The van der Waals surface area contributed by atoms with E-state index < -0.39 is 6.10 Å². The van der Waals surface area contributed by atoms with Crippen molar-refractivity contribution in [2.75, 3.05) is 19.8 Å². The van der Waals surface area contributed by atoms with Crippen LogP contribution in [0.25, 0.3) is 11.3 Å². The summed E-state index contributed by atoms with van der Waals surface area (Å²) in [6.07, 6.45) is 1.76. The van der Waals surface area contributed by atoms with Crippen molar-refractivity contribution in [1.29, 1.82) is 0 Å². The fourth-order valence-corrected chi connectivity index (χ4v) is 2.96. The molecule has 1 heterocycles. The summed E-state index contributed by atoms with van der Waals surface area (Å²) in [6.45, 7) is 3.11. The number of aromatic nitrogens is 1. The number of aliphatic hydroxyl groups is 1. The van der Waals surface area contributed by atoms with Crippen molar-refractivity contribution in [3.8, 4) is 11.3 Å². The molecule has 1 saturated carbocycles. The van der Waals surface area contributed by atoms with Crippen LogP contribution >= 0.6 is 11.3 Å². The van der Waals surface area contributed by atoms with Crippen LogP contribution < -0.4 is 5.32 Å². The number of carbonyl (C=O) groups excluding carboxylic acids is 1. The first-order valence-electron chi connectivity index (χ1n) is 8.18. The molecule has 0 spiro atoms. The highest BCUT2D eigenvalue weighted by atomic mass is 32.1. The highest BCUT2D eigenvalue weighted by Crippen LogP contribution is 2.28. The summed E-state index contributed by atoms with van der Waals surface area (Å²) in [5.41, 5.74) is 2.35. The average Bonchev–Trinajstić information content (AvgIpc) is 3.31. The molecule has 2 aromatic rings. The van der Waals surface area contributed by atoms with Crippen LogP contribution in [0.4, 0.5) is 0 Å². The summed E-state index contributed by atoms with van der Waals surface area (Å²) in [6, 6.07) is 7.35. The Labute approximate surface area is 145 Å². The Morgan fingerprint density at radius 2 is 2.33 bits per heavy atom. The topological polar surface area (TPSA) is 71.5 Å². The molecule has 1 atom stereocenters. The summed E-state index contributed by atoms with van der Waals surface area (Å²) < 4.78 is 5.43. The van der Waals surface area contributed by atoms with Crippen molar-refractivity contribution in [2.45, 2.75) is 25.9 Å². The molecule has 1 aromatic heterocycles. The predicted octanol–water partition coefficient (Wildman–Crippen LogP) is 2.64. The van der Waals surface area contributed by atoms with Crippen molar-refractivity contribution >= 4 is 17.2 Å². The smallest absolute Gasteiger partial charge is 0.251 e. The van der Waals surface area contributed by atoms with E-state index in [1.807, 2.05) is 30.5 Å². The molecular weight excluding hydrogens is 324 g/mol. The number of rotatable bonds is 8. The van der Waals surface area contributed by atoms with Gasteiger partial charge in [0.25, 0.3) is 5.91 Å². The van der Waals surface area contributed by atoms with Crippen LogP contribution in [0.5, 0.6) is 0 Å². The van der Waals surface area contributed by atoms with E-state index in [1.165, 1.54) is 12.8 Å². The lowest BCUT2D eigenvalue weighted by molar-refractivity contribution is 0.0321. The molecular formula is C18H22N2O3S. The van der Waals surface area contributed by atoms with Gasteiger partial charge in [-0.25, -0.2) is 4.98 Å². The number of hydrogen-bond acceptors (Lipinski definition) is 5. The monoisotopic (exact) mass is 346 g/mol. The van der Waals surface area contributed by atoms with Gasteiger partial charge in [-0.2, -0.15) is 0 Å². The maximum atomic E-state index is 12.2. The third-order valence-corrected chi connectivity index (χ3v) is 4.67. The summed E-state index contributed by atoms with van der Waals surface area (Å²) >= 11 is 1.58. The molecule has 1 aromatic carbocycles. The number of aryl methyl sites for hydroxylation is 1. The van der Waals surface area contributed by atoms with E-state index in [4.69, 9.17) is 4.74 Å². The molecule has 0 bridgehead atoms. The lowest BCUT2D eigenvalue weighted by Gasteiger charge is -2.12. The second-order valence-electron chi connectivity index (χ2n) is 6.18. The molecule has 6 heteroatoms. The number of benzene rings is 1. The average molecular weight is 346 g/mol. The van der Waals surface area contributed by atoms with E-state index in [1.54, 1.807) is 17.4 Å². The maximum absolute atomic E-state index is 12.2. The summed E-state index contributed by atoms with van der Waals surface area (Å²) in [7, 11) is 0. The highest BCUT2D eigenvalue weighted by molar-refractivity contribution is 7.09. The Bertz CT molecular complexity index is 697. The summed E-state index contributed by atoms with van der Waals surface area (Å²) in [5.74, 6) is 0.467. The van der Waals surface area contributed by atoms with Gasteiger partial charge in [0.2, 0.25) is 0 Å². The molecule has 0 aliphatic heterocycles. The number of carbonyl (C=O) groups is 1. The minimum atomic E-state index is -0.683. The zero-order valence-electron chi connectivity index (χ0n) is 13.7. The van der Waals surface area contributed by atoms with Gasteiger partial charge < -0.3 is 15.2 Å². The lowest BCUT2D eigenvalue weighted by Crippen LogP contribution is -2.34. The van der Waals surface area contributed by atoms with Crippen LogP contribution in [-0.4, -0.2) is 41.9 Å². The number of hydrogen-bond donors (Lipinski definition) is 2. The number of aliphatic hydroxyl groups excluding tert-OH is 1. The van der Waals surface area contributed by atoms with E-state index in [9.17, 15) is 9.90 Å².